The van der Waals surface area contributed by atoms with Gasteiger partial charge < -0.3 is 24.3 Å². The van der Waals surface area contributed by atoms with Gasteiger partial charge in [0.1, 0.15) is 12.6 Å². The Morgan fingerprint density at radius 1 is 0.860 bits per heavy atom. The molecule has 0 aromatic rings. The summed E-state index contributed by atoms with van der Waals surface area (Å²) in [4.78, 5) is 14.6. The van der Waals surface area contributed by atoms with E-state index in [2.05, 4.69) is 104 Å². The van der Waals surface area contributed by atoms with Crippen LogP contribution in [0.5, 0.6) is 0 Å². The Morgan fingerprint density at radius 2 is 1.30 bits per heavy atom. The first kappa shape index (κ1) is 40.3. The van der Waals surface area contributed by atoms with E-state index in [0.717, 1.165) is 11.0 Å². The summed E-state index contributed by atoms with van der Waals surface area (Å²) in [6.07, 6.45) is 1.17. The molecule has 0 saturated carbocycles. The van der Waals surface area contributed by atoms with Crippen LogP contribution in [0.3, 0.4) is 0 Å². The molecule has 43 heavy (non-hydrogen) atoms. The molecule has 1 saturated heterocycles. The highest BCUT2D eigenvalue weighted by atomic mass is 16.6. The zero-order valence-corrected chi connectivity index (χ0v) is 31.9. The Kier molecular flexibility index (Phi) is 11.7. The summed E-state index contributed by atoms with van der Waals surface area (Å²) >= 11 is 0. The smallest absolute Gasteiger partial charge is 0.312 e. The van der Waals surface area contributed by atoms with E-state index in [1.165, 1.54) is 5.06 Å². The molecule has 1 fully saturated rings. The van der Waals surface area contributed by atoms with Crippen molar-refractivity contribution < 1.29 is 29.1 Å². The predicted octanol–water partition coefficient (Wildman–Crippen LogP) is 7.92. The molecule has 256 valence electrons. The topological polar surface area (TPSA) is 79.2 Å². The number of carbonyl (C=O) groups is 1. The summed E-state index contributed by atoms with van der Waals surface area (Å²) < 4.78 is 13.4. The number of carbonyl (C=O) groups excluding carboxylic acids is 1. The van der Waals surface area contributed by atoms with E-state index in [-0.39, 0.29) is 22.9 Å². The van der Waals surface area contributed by atoms with Gasteiger partial charge in [-0.3, -0.25) is 4.79 Å². The predicted molar refractivity (Wildman–Crippen MR) is 178 cm³/mol. The maximum atomic E-state index is 14.6. The minimum atomic E-state index is -0.955. The third-order valence-corrected chi connectivity index (χ3v) is 11.4. The van der Waals surface area contributed by atoms with Crippen LogP contribution in [-0.4, -0.2) is 83.6 Å². The van der Waals surface area contributed by atoms with Crippen LogP contribution in [0.4, 0.5) is 0 Å². The molecule has 3 unspecified atom stereocenters. The third-order valence-electron chi connectivity index (χ3n) is 11.4. The van der Waals surface area contributed by atoms with Gasteiger partial charge >= 0.3 is 5.97 Å². The molecule has 0 spiro atoms. The van der Waals surface area contributed by atoms with Gasteiger partial charge in [0.2, 0.25) is 0 Å². The number of aliphatic hydroxyl groups is 1. The van der Waals surface area contributed by atoms with Crippen molar-refractivity contribution in [3.63, 3.8) is 0 Å². The Morgan fingerprint density at radius 3 is 1.67 bits per heavy atom. The molecule has 1 aliphatic rings. The quantitative estimate of drug-likeness (QED) is 0.132. The lowest BCUT2D eigenvalue weighted by Crippen LogP contribution is -2.61. The zero-order chi connectivity index (χ0) is 34.5. The van der Waals surface area contributed by atoms with Crippen molar-refractivity contribution in [2.75, 3.05) is 34.3 Å². The van der Waals surface area contributed by atoms with E-state index in [1.54, 1.807) is 0 Å². The molecule has 0 radical (unpaired) electrons. The van der Waals surface area contributed by atoms with E-state index in [9.17, 15) is 15.1 Å². The second-order valence-electron chi connectivity index (χ2n) is 20.0. The van der Waals surface area contributed by atoms with E-state index < -0.39 is 39.0 Å². The number of quaternary nitrogens is 1. The number of nitrogens with zero attached hydrogens (tertiary/aromatic N) is 2. The number of rotatable bonds is 12. The van der Waals surface area contributed by atoms with Crippen LogP contribution < -0.4 is 0 Å². The van der Waals surface area contributed by atoms with E-state index in [1.807, 2.05) is 27.7 Å². The second kappa shape index (κ2) is 12.5. The van der Waals surface area contributed by atoms with Gasteiger partial charge in [0, 0.05) is 29.3 Å². The molecular formula is C36H73N2O5+. The fourth-order valence-electron chi connectivity index (χ4n) is 7.38. The zero-order valence-electron chi connectivity index (χ0n) is 31.9. The van der Waals surface area contributed by atoms with E-state index in [0.29, 0.717) is 32.3 Å². The first-order valence-corrected chi connectivity index (χ1v) is 16.5. The minimum absolute atomic E-state index is 0.130. The molecule has 2 N–H and O–H groups in total. The number of esters is 1. The lowest BCUT2D eigenvalue weighted by molar-refractivity contribution is -0.871. The first-order valence-electron chi connectivity index (χ1n) is 16.5. The standard InChI is InChI=1S/C36H73N2O5/c1-29(2,3)24-36(16,28(40)43-26-22-32(9,10)37(41)33(11,12)23-26)34(13,14)31(7,8)25-35(15,30(4,5)6)27(39)42-21-20-38(17,18)19/h26-27,39,41H,20-25H2,1-19H3/q+1. The summed E-state index contributed by atoms with van der Waals surface area (Å²) in [6, 6.07) is 0. The van der Waals surface area contributed by atoms with Crippen LogP contribution in [-0.2, 0) is 14.3 Å². The molecule has 0 bridgehead atoms. The van der Waals surface area contributed by atoms with Gasteiger partial charge in [-0.05, 0) is 69.1 Å². The highest BCUT2D eigenvalue weighted by Gasteiger charge is 2.60. The van der Waals surface area contributed by atoms with Gasteiger partial charge in [-0.1, -0.05) is 76.2 Å². The summed E-state index contributed by atoms with van der Waals surface area (Å²) in [7, 11) is 6.36. The van der Waals surface area contributed by atoms with E-state index in [4.69, 9.17) is 9.47 Å². The average molecular weight is 614 g/mol. The van der Waals surface area contributed by atoms with Gasteiger partial charge in [-0.25, -0.2) is 0 Å². The molecule has 0 aliphatic carbocycles. The molecule has 7 nitrogen and oxygen atoms in total. The van der Waals surface area contributed by atoms with Gasteiger partial charge in [-0.2, -0.15) is 5.06 Å². The fraction of sp³-hybridized carbons (Fsp3) is 0.972. The average Bonchev–Trinajstić information content (AvgIpc) is 2.73. The lowest BCUT2D eigenvalue weighted by Gasteiger charge is -2.58. The number of hydrogen-bond donors (Lipinski definition) is 2. The summed E-state index contributed by atoms with van der Waals surface area (Å²) in [5.74, 6) is -0.180. The van der Waals surface area contributed by atoms with Crippen molar-refractivity contribution in [3.05, 3.63) is 0 Å². The van der Waals surface area contributed by atoms with Crippen LogP contribution in [0.15, 0.2) is 0 Å². The molecule has 0 aromatic heterocycles. The first-order chi connectivity index (χ1) is 18.7. The summed E-state index contributed by atoms with van der Waals surface area (Å²) in [6.45, 7) is 35.4. The number of likely N-dealkylation sites (N-methyl/N-ethyl adjacent to an activating group) is 1. The molecule has 0 aromatic carbocycles. The number of ether oxygens (including phenoxy) is 2. The Hall–Kier alpha value is -0.730. The molecule has 1 heterocycles. The summed E-state index contributed by atoms with van der Waals surface area (Å²) in [5, 5.41) is 23.9. The molecular weight excluding hydrogens is 540 g/mol. The van der Waals surface area contributed by atoms with Gasteiger partial charge in [0.15, 0.2) is 6.29 Å². The Bertz CT molecular complexity index is 932. The second-order valence-corrected chi connectivity index (χ2v) is 20.0. The van der Waals surface area contributed by atoms with Crippen molar-refractivity contribution in [3.8, 4) is 0 Å². The number of aliphatic hydroxyl groups excluding tert-OH is 1. The van der Waals surface area contributed by atoms with Gasteiger partial charge in [-0.15, -0.1) is 0 Å². The number of hydrogen-bond acceptors (Lipinski definition) is 6. The highest BCUT2D eigenvalue weighted by molar-refractivity contribution is 5.78. The van der Waals surface area contributed by atoms with Crippen molar-refractivity contribution in [1.29, 1.82) is 0 Å². The third kappa shape index (κ3) is 9.18. The van der Waals surface area contributed by atoms with Gasteiger partial charge in [0.05, 0.1) is 33.2 Å². The van der Waals surface area contributed by atoms with Crippen LogP contribution >= 0.6 is 0 Å². The van der Waals surface area contributed by atoms with Crippen LogP contribution in [0, 0.1) is 32.5 Å². The SMILES string of the molecule is CC(C)(C)CC(C)(C(=O)OC1CC(C)(C)N(O)C(C)(C)C1)C(C)(C)C(C)(C)CC(C)(C(O)OCC[N+](C)(C)C)C(C)(C)C. The molecule has 3 atom stereocenters. The maximum Gasteiger partial charge on any atom is 0.312 e. The number of hydroxylamine groups is 2. The Labute approximate surface area is 266 Å². The molecule has 1 rings (SSSR count). The molecule has 1 aliphatic heterocycles. The van der Waals surface area contributed by atoms with Crippen molar-refractivity contribution in [1.82, 2.24) is 5.06 Å². The Balaban J connectivity index is 3.53. The van der Waals surface area contributed by atoms with Crippen LogP contribution in [0.1, 0.15) is 136 Å². The van der Waals surface area contributed by atoms with E-state index >= 15 is 0 Å². The maximum absolute atomic E-state index is 14.6. The lowest BCUT2D eigenvalue weighted by atomic mass is 9.47. The normalized spacial score (nSPS) is 22.9. The molecule has 7 heteroatoms. The highest BCUT2D eigenvalue weighted by Crippen LogP contribution is 2.62. The van der Waals surface area contributed by atoms with Gasteiger partial charge in [0.25, 0.3) is 0 Å². The molecule has 0 amide bonds. The van der Waals surface area contributed by atoms with Crippen molar-refractivity contribution in [2.24, 2.45) is 32.5 Å². The van der Waals surface area contributed by atoms with Crippen molar-refractivity contribution >= 4 is 5.97 Å². The largest absolute Gasteiger partial charge is 0.462 e. The summed E-state index contributed by atoms with van der Waals surface area (Å²) in [5.41, 5.74) is -3.77. The number of piperidine rings is 1. The van der Waals surface area contributed by atoms with Crippen LogP contribution in [0.2, 0.25) is 0 Å². The van der Waals surface area contributed by atoms with Crippen LogP contribution in [0.25, 0.3) is 0 Å². The monoisotopic (exact) mass is 614 g/mol. The fourth-order valence-corrected chi connectivity index (χ4v) is 7.38. The van der Waals surface area contributed by atoms with Crippen molar-refractivity contribution in [2.45, 2.75) is 160 Å². The minimum Gasteiger partial charge on any atom is -0.462 e.